The van der Waals surface area contributed by atoms with Crippen LogP contribution < -0.4 is 5.32 Å². The highest BCUT2D eigenvalue weighted by atomic mass is 32.1. The minimum atomic E-state index is -1.17. The molecule has 1 aliphatic heterocycles. The van der Waals surface area contributed by atoms with E-state index in [4.69, 9.17) is 0 Å². The summed E-state index contributed by atoms with van der Waals surface area (Å²) in [4.78, 5) is 29.2. The normalized spacial score (nSPS) is 15.5. The van der Waals surface area contributed by atoms with Gasteiger partial charge < -0.3 is 15.3 Å². The van der Waals surface area contributed by atoms with Gasteiger partial charge in [-0.1, -0.05) is 37.6 Å². The molecule has 0 saturated heterocycles. The standard InChI is InChI=1S/C29H28F2N4O3S/c1-3-6-24-21(14-32-34-24)26-16(2)11-25(39-26)27(36)33-18(12-17-9-10-22(30)23(31)13-17)15-35-28(37)19-7-4-5-8-20(19)29(35)38/h4-5,7-11,13-14,18,28,37H,3,6,12,15H2,1-2H3,(H,32,34)(H,33,36). The van der Waals surface area contributed by atoms with E-state index in [2.05, 4.69) is 22.4 Å². The maximum atomic E-state index is 14.0. The van der Waals surface area contributed by atoms with Crippen LogP contribution in [0.3, 0.4) is 0 Å². The number of aliphatic hydroxyl groups is 1. The highest BCUT2D eigenvalue weighted by Crippen LogP contribution is 2.35. The number of amides is 2. The Labute approximate surface area is 228 Å². The quantitative estimate of drug-likeness (QED) is 0.268. The largest absolute Gasteiger partial charge is 0.369 e. The van der Waals surface area contributed by atoms with E-state index in [1.807, 2.05) is 6.92 Å². The highest BCUT2D eigenvalue weighted by molar-refractivity contribution is 7.17. The van der Waals surface area contributed by atoms with Crippen LogP contribution in [-0.4, -0.2) is 44.6 Å². The number of nitrogens with one attached hydrogen (secondary N) is 2. The van der Waals surface area contributed by atoms with E-state index in [1.54, 1.807) is 36.5 Å². The van der Waals surface area contributed by atoms with Crippen molar-refractivity contribution >= 4 is 23.2 Å². The van der Waals surface area contributed by atoms with Gasteiger partial charge in [0.25, 0.3) is 11.8 Å². The number of carbonyl (C=O) groups excluding carboxylic acids is 2. The molecule has 3 N–H and O–H groups in total. The van der Waals surface area contributed by atoms with Crippen LogP contribution in [0.1, 0.15) is 62.0 Å². The Morgan fingerprint density at radius 1 is 1.18 bits per heavy atom. The number of H-pyrrole nitrogens is 1. The molecule has 2 unspecified atom stereocenters. The molecule has 202 valence electrons. The lowest BCUT2D eigenvalue weighted by atomic mass is 10.0. The van der Waals surface area contributed by atoms with Crippen molar-refractivity contribution in [2.75, 3.05) is 6.54 Å². The molecule has 0 bridgehead atoms. The summed E-state index contributed by atoms with van der Waals surface area (Å²) in [5, 5.41) is 21.0. The summed E-state index contributed by atoms with van der Waals surface area (Å²) in [5.74, 6) is -2.69. The molecule has 10 heteroatoms. The fourth-order valence-electron chi connectivity index (χ4n) is 4.95. The molecule has 5 rings (SSSR count). The van der Waals surface area contributed by atoms with Crippen LogP contribution in [0.15, 0.2) is 54.7 Å². The Hall–Kier alpha value is -3.89. The first kappa shape index (κ1) is 26.7. The van der Waals surface area contributed by atoms with Crippen LogP contribution >= 0.6 is 11.3 Å². The van der Waals surface area contributed by atoms with Gasteiger partial charge in [0.15, 0.2) is 17.9 Å². The third-order valence-electron chi connectivity index (χ3n) is 6.85. The zero-order valence-corrected chi connectivity index (χ0v) is 22.3. The number of aromatic nitrogens is 2. The Bertz CT molecular complexity index is 1530. The number of thiophene rings is 1. The molecule has 0 fully saturated rings. The molecule has 0 aliphatic carbocycles. The number of fused-ring (bicyclic) bond motifs is 1. The third kappa shape index (κ3) is 5.35. The lowest BCUT2D eigenvalue weighted by Gasteiger charge is -2.27. The molecule has 0 saturated carbocycles. The van der Waals surface area contributed by atoms with Gasteiger partial charge in [-0.3, -0.25) is 14.7 Å². The van der Waals surface area contributed by atoms with E-state index in [9.17, 15) is 23.5 Å². The fourth-order valence-corrected chi connectivity index (χ4v) is 6.06. The molecule has 2 aromatic heterocycles. The number of aliphatic hydroxyl groups excluding tert-OH is 1. The first-order chi connectivity index (χ1) is 18.8. The second-order valence-corrected chi connectivity index (χ2v) is 10.7. The minimum absolute atomic E-state index is 0.0288. The van der Waals surface area contributed by atoms with Gasteiger partial charge in [0.2, 0.25) is 0 Å². The van der Waals surface area contributed by atoms with Crippen molar-refractivity contribution in [1.29, 1.82) is 0 Å². The van der Waals surface area contributed by atoms with Crippen molar-refractivity contribution in [1.82, 2.24) is 20.4 Å². The molecule has 0 spiro atoms. The molecule has 2 amide bonds. The van der Waals surface area contributed by atoms with Crippen LogP contribution in [-0.2, 0) is 12.8 Å². The van der Waals surface area contributed by atoms with Gasteiger partial charge in [-0.2, -0.15) is 5.10 Å². The van der Waals surface area contributed by atoms with E-state index in [1.165, 1.54) is 22.3 Å². The Morgan fingerprint density at radius 2 is 1.97 bits per heavy atom. The molecule has 7 nitrogen and oxygen atoms in total. The highest BCUT2D eigenvalue weighted by Gasteiger charge is 2.36. The second kappa shape index (κ2) is 11.1. The number of benzene rings is 2. The summed E-state index contributed by atoms with van der Waals surface area (Å²) < 4.78 is 27.5. The zero-order valence-electron chi connectivity index (χ0n) is 21.5. The second-order valence-electron chi connectivity index (χ2n) is 9.68. The summed E-state index contributed by atoms with van der Waals surface area (Å²) in [6, 6.07) is 11.4. The van der Waals surface area contributed by atoms with Gasteiger partial charge in [0.05, 0.1) is 17.1 Å². The topological polar surface area (TPSA) is 98.3 Å². The van der Waals surface area contributed by atoms with Gasteiger partial charge in [-0.25, -0.2) is 8.78 Å². The Morgan fingerprint density at radius 3 is 2.72 bits per heavy atom. The molecule has 39 heavy (non-hydrogen) atoms. The SMILES string of the molecule is CCCc1[nH]ncc1-c1sc(C(=O)NC(Cc2ccc(F)c(F)c2)CN2C(=O)c3ccccc3C2O)cc1C. The number of hydrogen-bond acceptors (Lipinski definition) is 5. The molecule has 2 atom stereocenters. The van der Waals surface area contributed by atoms with Crippen LogP contribution in [0.5, 0.6) is 0 Å². The van der Waals surface area contributed by atoms with Crippen molar-refractivity contribution < 1.29 is 23.5 Å². The minimum Gasteiger partial charge on any atom is -0.369 e. The first-order valence-electron chi connectivity index (χ1n) is 12.7. The van der Waals surface area contributed by atoms with Gasteiger partial charge in [0, 0.05) is 33.8 Å². The van der Waals surface area contributed by atoms with Crippen LogP contribution in [0.4, 0.5) is 8.78 Å². The van der Waals surface area contributed by atoms with Crippen molar-refractivity contribution in [3.8, 4) is 10.4 Å². The summed E-state index contributed by atoms with van der Waals surface area (Å²) >= 11 is 1.34. The predicted molar refractivity (Wildman–Crippen MR) is 144 cm³/mol. The number of halogens is 2. The maximum Gasteiger partial charge on any atom is 0.261 e. The smallest absolute Gasteiger partial charge is 0.261 e. The van der Waals surface area contributed by atoms with E-state index in [-0.39, 0.29) is 24.8 Å². The molecular formula is C29H28F2N4O3S. The van der Waals surface area contributed by atoms with Gasteiger partial charge in [-0.15, -0.1) is 11.3 Å². The fraction of sp³-hybridized carbons (Fsp3) is 0.276. The third-order valence-corrected chi connectivity index (χ3v) is 8.12. The Balaban J connectivity index is 1.40. The monoisotopic (exact) mass is 550 g/mol. The van der Waals surface area contributed by atoms with E-state index < -0.39 is 23.9 Å². The number of aryl methyl sites for hydroxylation is 2. The summed E-state index contributed by atoms with van der Waals surface area (Å²) in [6.45, 7) is 3.98. The van der Waals surface area contributed by atoms with Crippen molar-refractivity contribution in [3.63, 3.8) is 0 Å². The molecule has 1 aliphatic rings. The average Bonchev–Trinajstić information content (AvgIpc) is 3.60. The number of nitrogens with zero attached hydrogens (tertiary/aromatic N) is 2. The molecule has 2 aromatic carbocycles. The summed E-state index contributed by atoms with van der Waals surface area (Å²) in [6.07, 6.45) is 2.49. The number of hydrogen-bond donors (Lipinski definition) is 3. The maximum absolute atomic E-state index is 14.0. The first-order valence-corrected chi connectivity index (χ1v) is 13.5. The molecule has 3 heterocycles. The Kier molecular flexibility index (Phi) is 7.58. The predicted octanol–water partition coefficient (Wildman–Crippen LogP) is 5.17. The van der Waals surface area contributed by atoms with E-state index in [0.29, 0.717) is 21.6 Å². The molecule has 0 radical (unpaired) electrons. The van der Waals surface area contributed by atoms with Gasteiger partial charge in [0.1, 0.15) is 0 Å². The summed E-state index contributed by atoms with van der Waals surface area (Å²) in [5.41, 5.74) is 4.23. The van der Waals surface area contributed by atoms with Gasteiger partial charge >= 0.3 is 0 Å². The number of aromatic amines is 1. The average molecular weight is 551 g/mol. The van der Waals surface area contributed by atoms with Crippen molar-refractivity contribution in [3.05, 3.63) is 99.2 Å². The molecule has 4 aromatic rings. The number of carbonyl (C=O) groups is 2. The van der Waals surface area contributed by atoms with Crippen LogP contribution in [0.2, 0.25) is 0 Å². The van der Waals surface area contributed by atoms with Crippen LogP contribution in [0, 0.1) is 18.6 Å². The molecular weight excluding hydrogens is 522 g/mol. The van der Waals surface area contributed by atoms with Crippen molar-refractivity contribution in [2.24, 2.45) is 0 Å². The summed E-state index contributed by atoms with van der Waals surface area (Å²) in [7, 11) is 0. The zero-order chi connectivity index (χ0) is 27.7. The lowest BCUT2D eigenvalue weighted by molar-refractivity contribution is 0.0133. The van der Waals surface area contributed by atoms with Gasteiger partial charge in [-0.05, 0) is 55.2 Å². The lowest BCUT2D eigenvalue weighted by Crippen LogP contribution is -2.46. The van der Waals surface area contributed by atoms with Crippen molar-refractivity contribution in [2.45, 2.75) is 45.4 Å². The van der Waals surface area contributed by atoms with Crippen LogP contribution in [0.25, 0.3) is 10.4 Å². The number of rotatable bonds is 9. The van der Waals surface area contributed by atoms with E-state index >= 15 is 0 Å². The van der Waals surface area contributed by atoms with E-state index in [0.717, 1.165) is 46.7 Å².